The number of sulfonamides is 1. The van der Waals surface area contributed by atoms with Crippen molar-refractivity contribution in [1.82, 2.24) is 15.1 Å². The van der Waals surface area contributed by atoms with E-state index in [1.54, 1.807) is 0 Å². The van der Waals surface area contributed by atoms with E-state index < -0.39 is 15.8 Å². The third-order valence-electron chi connectivity index (χ3n) is 2.65. The van der Waals surface area contributed by atoms with Crippen molar-refractivity contribution in [2.75, 3.05) is 11.8 Å². The molecule has 0 aliphatic heterocycles. The topological polar surface area (TPSA) is 93.1 Å². The van der Waals surface area contributed by atoms with E-state index in [0.29, 0.717) is 0 Å². The normalized spacial score (nSPS) is 11.2. The van der Waals surface area contributed by atoms with Crippen LogP contribution in [0.1, 0.15) is 0 Å². The van der Waals surface area contributed by atoms with Gasteiger partial charge in [-0.3, -0.25) is 14.2 Å². The van der Waals surface area contributed by atoms with Crippen molar-refractivity contribution in [3.8, 4) is 0 Å². The third kappa shape index (κ3) is 3.74. The summed E-state index contributed by atoms with van der Waals surface area (Å²) in [6.45, 7) is -0.0566. The Hall–Kier alpha value is -2.13. The number of hydrogen-bond acceptors (Lipinski definition) is 4. The van der Waals surface area contributed by atoms with E-state index >= 15 is 0 Å². The Kier molecular flexibility index (Phi) is 4.67. The molecule has 0 fully saturated rings. The quantitative estimate of drug-likeness (QED) is 0.851. The number of amides is 1. The van der Waals surface area contributed by atoms with E-state index in [1.165, 1.54) is 24.1 Å². The molecule has 0 atom stereocenters. The maximum atomic E-state index is 13.2. The van der Waals surface area contributed by atoms with Crippen LogP contribution in [-0.2, 0) is 21.4 Å². The number of rotatable bonds is 5. The van der Waals surface area contributed by atoms with Gasteiger partial charge in [0, 0.05) is 13.2 Å². The number of nitrogens with one attached hydrogen (secondary N) is 2. The number of carbonyl (C=O) groups is 1. The number of aromatic nitrogens is 2. The lowest BCUT2D eigenvalue weighted by molar-refractivity contribution is -0.121. The molecule has 118 valence electrons. The first kappa shape index (κ1) is 16.2. The zero-order valence-electron chi connectivity index (χ0n) is 11.4. The summed E-state index contributed by atoms with van der Waals surface area (Å²) in [7, 11) is -2.59. The van der Waals surface area contributed by atoms with E-state index in [2.05, 4.69) is 15.1 Å². The molecule has 0 spiro atoms. The summed E-state index contributed by atoms with van der Waals surface area (Å²) in [5.41, 5.74) is 0.129. The van der Waals surface area contributed by atoms with Gasteiger partial charge >= 0.3 is 0 Å². The van der Waals surface area contributed by atoms with Gasteiger partial charge in [0.1, 0.15) is 17.3 Å². The molecule has 1 aromatic carbocycles. The van der Waals surface area contributed by atoms with Crippen molar-refractivity contribution in [2.45, 2.75) is 11.4 Å². The summed E-state index contributed by atoms with van der Waals surface area (Å²) in [5, 5.41) is 6.15. The molecule has 0 aliphatic carbocycles. The second-order valence-corrected chi connectivity index (χ2v) is 6.34. The largest absolute Gasteiger partial charge is 0.358 e. The van der Waals surface area contributed by atoms with Crippen LogP contribution in [0.2, 0.25) is 5.02 Å². The van der Waals surface area contributed by atoms with Crippen LogP contribution in [0, 0.1) is 5.82 Å². The van der Waals surface area contributed by atoms with E-state index in [0.717, 1.165) is 18.2 Å². The van der Waals surface area contributed by atoms with Crippen LogP contribution < -0.4 is 10.0 Å². The highest BCUT2D eigenvalue weighted by Crippen LogP contribution is 2.24. The first-order valence-corrected chi connectivity index (χ1v) is 7.89. The fourth-order valence-corrected chi connectivity index (χ4v) is 3.16. The average Bonchev–Trinajstić information content (AvgIpc) is 2.87. The van der Waals surface area contributed by atoms with Crippen molar-refractivity contribution >= 4 is 33.2 Å². The maximum Gasteiger partial charge on any atom is 0.263 e. The van der Waals surface area contributed by atoms with Gasteiger partial charge in [0.05, 0.1) is 16.9 Å². The molecule has 2 N–H and O–H groups in total. The van der Waals surface area contributed by atoms with Crippen LogP contribution in [0.3, 0.4) is 0 Å². The van der Waals surface area contributed by atoms with E-state index in [9.17, 15) is 17.6 Å². The molecule has 0 aliphatic rings. The maximum absolute atomic E-state index is 13.2. The molecular weight excluding hydrogens is 335 g/mol. The number of nitrogens with zero attached hydrogens (tertiary/aromatic N) is 2. The third-order valence-corrected chi connectivity index (χ3v) is 4.52. The molecule has 7 nitrogen and oxygen atoms in total. The monoisotopic (exact) mass is 346 g/mol. The molecule has 1 heterocycles. The highest BCUT2D eigenvalue weighted by atomic mass is 35.5. The Morgan fingerprint density at radius 2 is 2.18 bits per heavy atom. The summed E-state index contributed by atoms with van der Waals surface area (Å²) in [4.78, 5) is 10.8. The molecule has 1 aromatic heterocycles. The SMILES string of the molecule is CNC(=O)Cn1cc(NS(=O)(=O)c2cc(F)ccc2Cl)cn1. The second kappa shape index (κ2) is 6.32. The van der Waals surface area contributed by atoms with Crippen molar-refractivity contribution in [2.24, 2.45) is 0 Å². The zero-order valence-corrected chi connectivity index (χ0v) is 12.9. The highest BCUT2D eigenvalue weighted by molar-refractivity contribution is 7.92. The van der Waals surface area contributed by atoms with Crippen LogP contribution in [0.25, 0.3) is 0 Å². The Bertz CT molecular complexity index is 806. The van der Waals surface area contributed by atoms with Gasteiger partial charge in [0.2, 0.25) is 5.91 Å². The fourth-order valence-electron chi connectivity index (χ4n) is 1.62. The van der Waals surface area contributed by atoms with Crippen molar-refractivity contribution in [3.63, 3.8) is 0 Å². The molecule has 0 bridgehead atoms. The Labute approximate surface area is 131 Å². The summed E-state index contributed by atoms with van der Waals surface area (Å²) < 4.78 is 41.0. The minimum atomic E-state index is -4.06. The Balaban J connectivity index is 2.22. The van der Waals surface area contributed by atoms with Gasteiger partial charge in [-0.25, -0.2) is 12.8 Å². The molecular formula is C12H12ClFN4O3S. The van der Waals surface area contributed by atoms with Gasteiger partial charge in [0.15, 0.2) is 0 Å². The summed E-state index contributed by atoms with van der Waals surface area (Å²) in [6.07, 6.45) is 2.56. The van der Waals surface area contributed by atoms with Gasteiger partial charge < -0.3 is 5.32 Å². The first-order chi connectivity index (χ1) is 10.3. The summed E-state index contributed by atoms with van der Waals surface area (Å²) in [6, 6.07) is 3.03. The van der Waals surface area contributed by atoms with Crippen LogP contribution >= 0.6 is 11.6 Å². The van der Waals surface area contributed by atoms with Crippen LogP contribution in [0.15, 0.2) is 35.5 Å². The van der Waals surface area contributed by atoms with E-state index in [-0.39, 0.29) is 28.1 Å². The summed E-state index contributed by atoms with van der Waals surface area (Å²) in [5.74, 6) is -1.01. The Morgan fingerprint density at radius 3 is 2.86 bits per heavy atom. The lowest BCUT2D eigenvalue weighted by atomic mass is 10.3. The lowest BCUT2D eigenvalue weighted by Gasteiger charge is -2.07. The zero-order chi connectivity index (χ0) is 16.3. The minimum absolute atomic E-state index is 0.0566. The van der Waals surface area contributed by atoms with Crippen LogP contribution in [-0.4, -0.2) is 31.2 Å². The molecule has 22 heavy (non-hydrogen) atoms. The first-order valence-electron chi connectivity index (χ1n) is 6.03. The number of hydrogen-bond donors (Lipinski definition) is 2. The fraction of sp³-hybridized carbons (Fsp3) is 0.167. The van der Waals surface area contributed by atoms with Crippen molar-refractivity contribution in [1.29, 1.82) is 0 Å². The lowest BCUT2D eigenvalue weighted by Crippen LogP contribution is -2.23. The smallest absolute Gasteiger partial charge is 0.263 e. The molecule has 2 rings (SSSR count). The van der Waals surface area contributed by atoms with Gasteiger partial charge in [0.25, 0.3) is 10.0 Å². The molecule has 1 amide bonds. The molecule has 0 saturated heterocycles. The average molecular weight is 347 g/mol. The van der Waals surface area contributed by atoms with Crippen LogP contribution in [0.4, 0.5) is 10.1 Å². The van der Waals surface area contributed by atoms with Crippen molar-refractivity contribution in [3.05, 3.63) is 41.4 Å². The number of benzene rings is 1. The van der Waals surface area contributed by atoms with Gasteiger partial charge in [-0.15, -0.1) is 0 Å². The number of anilines is 1. The van der Waals surface area contributed by atoms with E-state index in [1.807, 2.05) is 0 Å². The standard InChI is InChI=1S/C12H12ClFN4O3S/c1-15-12(19)7-18-6-9(5-16-18)17-22(20,21)11-4-8(14)2-3-10(11)13/h2-6,17H,7H2,1H3,(H,15,19). The minimum Gasteiger partial charge on any atom is -0.358 e. The molecule has 0 unspecified atom stereocenters. The van der Waals surface area contributed by atoms with Gasteiger partial charge in [-0.05, 0) is 18.2 Å². The molecule has 0 saturated carbocycles. The van der Waals surface area contributed by atoms with Crippen molar-refractivity contribution < 1.29 is 17.6 Å². The highest BCUT2D eigenvalue weighted by Gasteiger charge is 2.19. The number of halogens is 2. The molecule has 10 heteroatoms. The van der Waals surface area contributed by atoms with E-state index in [4.69, 9.17) is 11.6 Å². The number of likely N-dealkylation sites (N-methyl/N-ethyl adjacent to an activating group) is 1. The van der Waals surface area contributed by atoms with Gasteiger partial charge in [-0.2, -0.15) is 5.10 Å². The van der Waals surface area contributed by atoms with Crippen LogP contribution in [0.5, 0.6) is 0 Å². The molecule has 2 aromatic rings. The molecule has 0 radical (unpaired) electrons. The predicted molar refractivity (Wildman–Crippen MR) is 78.5 cm³/mol. The predicted octanol–water partition coefficient (Wildman–Crippen LogP) is 1.22. The van der Waals surface area contributed by atoms with Gasteiger partial charge in [-0.1, -0.05) is 11.6 Å². The summed E-state index contributed by atoms with van der Waals surface area (Å²) >= 11 is 5.78. The Morgan fingerprint density at radius 1 is 1.45 bits per heavy atom. The second-order valence-electron chi connectivity index (χ2n) is 4.28. The number of carbonyl (C=O) groups excluding carboxylic acids is 1.